The lowest BCUT2D eigenvalue weighted by molar-refractivity contribution is 1.29. The molecular formula is C13H11N. The Hall–Kier alpha value is -1.81. The molecule has 0 amide bonds. The van der Waals surface area contributed by atoms with E-state index in [0.717, 1.165) is 5.56 Å². The van der Waals surface area contributed by atoms with Crippen LogP contribution < -0.4 is 0 Å². The third kappa shape index (κ3) is 1.47. The summed E-state index contributed by atoms with van der Waals surface area (Å²) < 4.78 is 0. The largest absolute Gasteiger partial charge is 0.198 e. The van der Waals surface area contributed by atoms with Gasteiger partial charge in [0.25, 0.3) is 0 Å². The van der Waals surface area contributed by atoms with Crippen LogP contribution in [0.15, 0.2) is 36.4 Å². The molecule has 2 rings (SSSR count). The highest BCUT2D eigenvalue weighted by Crippen LogP contribution is 2.20. The van der Waals surface area contributed by atoms with Gasteiger partial charge in [-0.3, -0.25) is 0 Å². The SMILES string of the molecule is Cc1ccc2c(CC#N)cccc2c1. The standard InChI is InChI=1S/C13H11N/c1-10-5-6-13-11(7-8-14)3-2-4-12(13)9-10/h2-6,9H,7H2,1H3. The molecule has 0 radical (unpaired) electrons. The van der Waals surface area contributed by atoms with Gasteiger partial charge in [0.05, 0.1) is 12.5 Å². The molecule has 0 saturated carbocycles. The average molecular weight is 181 g/mol. The molecule has 0 fully saturated rings. The molecule has 68 valence electrons. The Labute approximate surface area is 83.6 Å². The lowest BCUT2D eigenvalue weighted by Gasteiger charge is -2.03. The number of aryl methyl sites for hydroxylation is 1. The predicted molar refractivity (Wildman–Crippen MR) is 58.0 cm³/mol. The van der Waals surface area contributed by atoms with Crippen molar-refractivity contribution in [1.29, 1.82) is 5.26 Å². The van der Waals surface area contributed by atoms with Crippen LogP contribution in [-0.2, 0) is 6.42 Å². The summed E-state index contributed by atoms with van der Waals surface area (Å²) in [7, 11) is 0. The van der Waals surface area contributed by atoms with E-state index in [1.807, 2.05) is 12.1 Å². The van der Waals surface area contributed by atoms with Crippen molar-refractivity contribution in [1.82, 2.24) is 0 Å². The van der Waals surface area contributed by atoms with Gasteiger partial charge in [0.15, 0.2) is 0 Å². The van der Waals surface area contributed by atoms with Crippen LogP contribution in [0.2, 0.25) is 0 Å². The number of hydrogen-bond acceptors (Lipinski definition) is 1. The van der Waals surface area contributed by atoms with E-state index < -0.39 is 0 Å². The Balaban J connectivity index is 2.70. The first-order chi connectivity index (χ1) is 6.81. The Bertz CT molecular complexity index is 506. The van der Waals surface area contributed by atoms with Crippen molar-refractivity contribution in [2.45, 2.75) is 13.3 Å². The maximum atomic E-state index is 8.68. The van der Waals surface area contributed by atoms with E-state index >= 15 is 0 Å². The first kappa shape index (κ1) is 8.77. The quantitative estimate of drug-likeness (QED) is 0.662. The minimum absolute atomic E-state index is 0.487. The summed E-state index contributed by atoms with van der Waals surface area (Å²) in [5, 5.41) is 11.1. The zero-order valence-corrected chi connectivity index (χ0v) is 8.12. The summed E-state index contributed by atoms with van der Waals surface area (Å²) in [4.78, 5) is 0. The third-order valence-electron chi connectivity index (χ3n) is 2.40. The summed E-state index contributed by atoms with van der Waals surface area (Å²) in [6.07, 6.45) is 0.487. The Morgan fingerprint density at radius 2 is 2.07 bits per heavy atom. The number of rotatable bonds is 1. The smallest absolute Gasteiger partial charge is 0.0669 e. The number of benzene rings is 2. The second-order valence-corrected chi connectivity index (χ2v) is 3.48. The summed E-state index contributed by atoms with van der Waals surface area (Å²) in [5.74, 6) is 0. The van der Waals surface area contributed by atoms with Crippen molar-refractivity contribution in [3.8, 4) is 6.07 Å². The van der Waals surface area contributed by atoms with Gasteiger partial charge in [-0.05, 0) is 23.3 Å². The summed E-state index contributed by atoms with van der Waals surface area (Å²) >= 11 is 0. The summed E-state index contributed by atoms with van der Waals surface area (Å²) in [6.45, 7) is 2.08. The second kappa shape index (κ2) is 3.51. The zero-order valence-electron chi connectivity index (χ0n) is 8.12. The predicted octanol–water partition coefficient (Wildman–Crippen LogP) is 3.21. The van der Waals surface area contributed by atoms with Crippen LogP contribution in [-0.4, -0.2) is 0 Å². The molecule has 0 aliphatic rings. The van der Waals surface area contributed by atoms with E-state index in [-0.39, 0.29) is 0 Å². The first-order valence-corrected chi connectivity index (χ1v) is 4.66. The fourth-order valence-corrected chi connectivity index (χ4v) is 1.71. The Kier molecular flexibility index (Phi) is 2.20. The highest BCUT2D eigenvalue weighted by Gasteiger charge is 1.99. The van der Waals surface area contributed by atoms with Crippen molar-refractivity contribution in [3.63, 3.8) is 0 Å². The van der Waals surface area contributed by atoms with Gasteiger partial charge in [-0.25, -0.2) is 0 Å². The molecule has 0 aromatic heterocycles. The maximum Gasteiger partial charge on any atom is 0.0669 e. The summed E-state index contributed by atoms with van der Waals surface area (Å²) in [6, 6.07) is 14.6. The molecule has 2 aromatic rings. The lowest BCUT2D eigenvalue weighted by atomic mass is 10.0. The van der Waals surface area contributed by atoms with Gasteiger partial charge in [-0.15, -0.1) is 0 Å². The fourth-order valence-electron chi connectivity index (χ4n) is 1.71. The average Bonchev–Trinajstić information content (AvgIpc) is 2.18. The van der Waals surface area contributed by atoms with Gasteiger partial charge in [0.2, 0.25) is 0 Å². The van der Waals surface area contributed by atoms with Crippen LogP contribution in [0, 0.1) is 18.3 Å². The lowest BCUT2D eigenvalue weighted by Crippen LogP contribution is -1.84. The molecule has 0 spiro atoms. The minimum atomic E-state index is 0.487. The topological polar surface area (TPSA) is 23.8 Å². The van der Waals surface area contributed by atoms with E-state index in [2.05, 4.69) is 37.3 Å². The van der Waals surface area contributed by atoms with E-state index in [1.54, 1.807) is 0 Å². The monoisotopic (exact) mass is 181 g/mol. The molecule has 2 aromatic carbocycles. The van der Waals surface area contributed by atoms with Gasteiger partial charge < -0.3 is 0 Å². The molecule has 0 bridgehead atoms. The van der Waals surface area contributed by atoms with Crippen LogP contribution in [0.25, 0.3) is 10.8 Å². The molecular weight excluding hydrogens is 170 g/mol. The molecule has 0 atom stereocenters. The molecule has 1 heteroatoms. The highest BCUT2D eigenvalue weighted by molar-refractivity contribution is 5.86. The van der Waals surface area contributed by atoms with Gasteiger partial charge in [-0.1, -0.05) is 42.0 Å². The van der Waals surface area contributed by atoms with Gasteiger partial charge >= 0.3 is 0 Å². The Morgan fingerprint density at radius 1 is 1.21 bits per heavy atom. The van der Waals surface area contributed by atoms with Crippen LogP contribution in [0.4, 0.5) is 0 Å². The van der Waals surface area contributed by atoms with Crippen molar-refractivity contribution in [2.75, 3.05) is 0 Å². The highest BCUT2D eigenvalue weighted by atomic mass is 14.2. The summed E-state index contributed by atoms with van der Waals surface area (Å²) in [5.41, 5.74) is 2.37. The van der Waals surface area contributed by atoms with E-state index in [0.29, 0.717) is 6.42 Å². The van der Waals surface area contributed by atoms with Gasteiger partial charge in [0.1, 0.15) is 0 Å². The van der Waals surface area contributed by atoms with E-state index in [4.69, 9.17) is 5.26 Å². The molecule has 14 heavy (non-hydrogen) atoms. The molecule has 0 aliphatic heterocycles. The first-order valence-electron chi connectivity index (χ1n) is 4.66. The molecule has 0 heterocycles. The second-order valence-electron chi connectivity index (χ2n) is 3.48. The van der Waals surface area contributed by atoms with Gasteiger partial charge in [-0.2, -0.15) is 5.26 Å². The van der Waals surface area contributed by atoms with E-state index in [9.17, 15) is 0 Å². The fraction of sp³-hybridized carbons (Fsp3) is 0.154. The zero-order chi connectivity index (χ0) is 9.97. The number of fused-ring (bicyclic) bond motifs is 1. The normalized spacial score (nSPS) is 10.0. The number of nitriles is 1. The van der Waals surface area contributed by atoms with Crippen molar-refractivity contribution >= 4 is 10.8 Å². The molecule has 0 N–H and O–H groups in total. The van der Waals surface area contributed by atoms with Crippen LogP contribution >= 0.6 is 0 Å². The van der Waals surface area contributed by atoms with E-state index in [1.165, 1.54) is 16.3 Å². The Morgan fingerprint density at radius 3 is 2.86 bits per heavy atom. The number of hydrogen-bond donors (Lipinski definition) is 0. The molecule has 0 unspecified atom stereocenters. The van der Waals surface area contributed by atoms with Crippen LogP contribution in [0.5, 0.6) is 0 Å². The van der Waals surface area contributed by atoms with Crippen LogP contribution in [0.1, 0.15) is 11.1 Å². The molecule has 1 nitrogen and oxygen atoms in total. The van der Waals surface area contributed by atoms with Crippen molar-refractivity contribution < 1.29 is 0 Å². The minimum Gasteiger partial charge on any atom is -0.198 e. The third-order valence-corrected chi connectivity index (χ3v) is 2.40. The van der Waals surface area contributed by atoms with Gasteiger partial charge in [0, 0.05) is 0 Å². The van der Waals surface area contributed by atoms with Crippen molar-refractivity contribution in [3.05, 3.63) is 47.5 Å². The van der Waals surface area contributed by atoms with Crippen molar-refractivity contribution in [2.24, 2.45) is 0 Å². The molecule has 0 saturated heterocycles. The maximum absolute atomic E-state index is 8.68. The number of nitrogens with zero attached hydrogens (tertiary/aromatic N) is 1. The van der Waals surface area contributed by atoms with Crippen LogP contribution in [0.3, 0.4) is 0 Å². The molecule has 0 aliphatic carbocycles.